The van der Waals surface area contributed by atoms with Gasteiger partial charge in [-0.25, -0.2) is 0 Å². The summed E-state index contributed by atoms with van der Waals surface area (Å²) < 4.78 is 10.7. The molecule has 0 fully saturated rings. The highest BCUT2D eigenvalue weighted by Gasteiger charge is 2.21. The smallest absolute Gasteiger partial charge is 0.231 e. The third-order valence-corrected chi connectivity index (χ3v) is 3.98. The number of hydrogen-bond acceptors (Lipinski definition) is 4. The van der Waals surface area contributed by atoms with Crippen LogP contribution in [0.4, 0.5) is 5.69 Å². The molecule has 1 aliphatic rings. The minimum absolute atomic E-state index is 0.106. The van der Waals surface area contributed by atoms with Gasteiger partial charge in [-0.05, 0) is 41.7 Å². The highest BCUT2D eigenvalue weighted by molar-refractivity contribution is 5.63. The summed E-state index contributed by atoms with van der Waals surface area (Å²) in [6, 6.07) is 9.89. The molecule has 2 aromatic carbocycles. The van der Waals surface area contributed by atoms with Crippen molar-refractivity contribution >= 4 is 5.69 Å². The third-order valence-electron chi connectivity index (χ3n) is 3.98. The van der Waals surface area contributed by atoms with Crippen molar-refractivity contribution in [3.8, 4) is 17.2 Å². The molecule has 2 N–H and O–H groups in total. The molecule has 0 atom stereocenters. The Kier molecular flexibility index (Phi) is 3.84. The Hall–Kier alpha value is -2.36. The monoisotopic (exact) mass is 313 g/mol. The van der Waals surface area contributed by atoms with Crippen LogP contribution in [-0.4, -0.2) is 11.9 Å². The lowest BCUT2D eigenvalue weighted by atomic mass is 9.85. The van der Waals surface area contributed by atoms with Gasteiger partial charge in [0.05, 0.1) is 5.69 Å². The number of phenols is 1. The Morgan fingerprint density at radius 2 is 1.83 bits per heavy atom. The van der Waals surface area contributed by atoms with Crippen LogP contribution < -0.4 is 14.8 Å². The standard InChI is InChI=1S/C19H23NO3/c1-12-7-14(19(2,3)4)18(21)15(8-12)20-10-13-5-6-16-17(9-13)23-11-22-16/h5-9,20-21H,10-11H2,1-4H3. The van der Waals surface area contributed by atoms with Crippen LogP contribution in [0.25, 0.3) is 0 Å². The van der Waals surface area contributed by atoms with E-state index in [-0.39, 0.29) is 12.2 Å². The van der Waals surface area contributed by atoms with E-state index in [9.17, 15) is 5.11 Å². The van der Waals surface area contributed by atoms with Crippen LogP contribution in [0.2, 0.25) is 0 Å². The van der Waals surface area contributed by atoms with Crippen molar-refractivity contribution in [3.63, 3.8) is 0 Å². The molecule has 4 nitrogen and oxygen atoms in total. The highest BCUT2D eigenvalue weighted by Crippen LogP contribution is 2.38. The van der Waals surface area contributed by atoms with Gasteiger partial charge < -0.3 is 19.9 Å². The lowest BCUT2D eigenvalue weighted by molar-refractivity contribution is 0.174. The zero-order valence-corrected chi connectivity index (χ0v) is 14.1. The predicted octanol–water partition coefficient (Wildman–Crippen LogP) is 4.34. The molecule has 122 valence electrons. The summed E-state index contributed by atoms with van der Waals surface area (Å²) in [7, 11) is 0. The minimum Gasteiger partial charge on any atom is -0.505 e. The fraction of sp³-hybridized carbons (Fsp3) is 0.368. The Morgan fingerprint density at radius 3 is 2.57 bits per heavy atom. The molecule has 2 aromatic rings. The van der Waals surface area contributed by atoms with E-state index in [2.05, 4.69) is 26.1 Å². The number of benzene rings is 2. The topological polar surface area (TPSA) is 50.7 Å². The van der Waals surface area contributed by atoms with Gasteiger partial charge in [0.25, 0.3) is 0 Å². The van der Waals surface area contributed by atoms with Crippen LogP contribution in [0, 0.1) is 6.92 Å². The summed E-state index contributed by atoms with van der Waals surface area (Å²) in [5, 5.41) is 13.9. The van der Waals surface area contributed by atoms with Crippen molar-refractivity contribution in [2.45, 2.75) is 39.7 Å². The summed E-state index contributed by atoms with van der Waals surface area (Å²) in [4.78, 5) is 0. The maximum Gasteiger partial charge on any atom is 0.231 e. The number of ether oxygens (including phenoxy) is 2. The van der Waals surface area contributed by atoms with Gasteiger partial charge in [0.15, 0.2) is 11.5 Å². The predicted molar refractivity (Wildman–Crippen MR) is 91.4 cm³/mol. The maximum absolute atomic E-state index is 10.6. The molecule has 4 heteroatoms. The van der Waals surface area contributed by atoms with Gasteiger partial charge in [-0.3, -0.25) is 0 Å². The number of aromatic hydroxyl groups is 1. The van der Waals surface area contributed by atoms with E-state index in [0.29, 0.717) is 12.3 Å². The molecule has 0 aromatic heterocycles. The lowest BCUT2D eigenvalue weighted by Crippen LogP contribution is -2.13. The average molecular weight is 313 g/mol. The van der Waals surface area contributed by atoms with E-state index >= 15 is 0 Å². The summed E-state index contributed by atoms with van der Waals surface area (Å²) in [6.45, 7) is 9.23. The van der Waals surface area contributed by atoms with Crippen LogP contribution in [0.3, 0.4) is 0 Å². The molecular weight excluding hydrogens is 290 g/mol. The van der Waals surface area contributed by atoms with Crippen LogP contribution in [0.1, 0.15) is 37.5 Å². The number of fused-ring (bicyclic) bond motifs is 1. The van der Waals surface area contributed by atoms with Gasteiger partial charge in [0.1, 0.15) is 5.75 Å². The molecule has 0 aliphatic carbocycles. The van der Waals surface area contributed by atoms with E-state index < -0.39 is 0 Å². The zero-order valence-electron chi connectivity index (χ0n) is 14.1. The number of aryl methyl sites for hydroxylation is 1. The second kappa shape index (κ2) is 5.69. The number of anilines is 1. The Labute approximate surface area is 137 Å². The Balaban J connectivity index is 1.82. The van der Waals surface area contributed by atoms with Gasteiger partial charge in [0, 0.05) is 12.1 Å². The molecule has 0 bridgehead atoms. The summed E-state index contributed by atoms with van der Waals surface area (Å²) in [6.07, 6.45) is 0. The molecule has 23 heavy (non-hydrogen) atoms. The molecule has 0 unspecified atom stereocenters. The van der Waals surface area contributed by atoms with E-state index in [0.717, 1.165) is 33.9 Å². The van der Waals surface area contributed by atoms with Crippen molar-refractivity contribution in [2.24, 2.45) is 0 Å². The Bertz CT molecular complexity index is 732. The van der Waals surface area contributed by atoms with Crippen LogP contribution in [-0.2, 0) is 12.0 Å². The number of rotatable bonds is 3. The summed E-state index contributed by atoms with van der Waals surface area (Å²) in [5.74, 6) is 1.87. The third kappa shape index (κ3) is 3.21. The number of phenolic OH excluding ortho intramolecular Hbond substituents is 1. The zero-order chi connectivity index (χ0) is 16.6. The van der Waals surface area contributed by atoms with Gasteiger partial charge in [-0.15, -0.1) is 0 Å². The lowest BCUT2D eigenvalue weighted by Gasteiger charge is -2.23. The first-order chi connectivity index (χ1) is 10.8. The molecule has 0 saturated heterocycles. The molecule has 0 radical (unpaired) electrons. The van der Waals surface area contributed by atoms with Crippen molar-refractivity contribution in [1.82, 2.24) is 0 Å². The van der Waals surface area contributed by atoms with Crippen molar-refractivity contribution in [2.75, 3.05) is 12.1 Å². The number of nitrogens with one attached hydrogen (secondary N) is 1. The molecule has 0 spiro atoms. The van der Waals surface area contributed by atoms with Crippen molar-refractivity contribution in [1.29, 1.82) is 0 Å². The fourth-order valence-electron chi connectivity index (χ4n) is 2.73. The second-order valence-electron chi connectivity index (χ2n) is 7.00. The molecule has 0 saturated carbocycles. The largest absolute Gasteiger partial charge is 0.505 e. The van der Waals surface area contributed by atoms with E-state index in [1.165, 1.54) is 0 Å². The Morgan fingerprint density at radius 1 is 1.09 bits per heavy atom. The fourth-order valence-corrected chi connectivity index (χ4v) is 2.73. The first-order valence-corrected chi connectivity index (χ1v) is 7.81. The van der Waals surface area contributed by atoms with E-state index in [4.69, 9.17) is 9.47 Å². The highest BCUT2D eigenvalue weighted by atomic mass is 16.7. The first-order valence-electron chi connectivity index (χ1n) is 7.81. The maximum atomic E-state index is 10.6. The van der Waals surface area contributed by atoms with Crippen molar-refractivity contribution in [3.05, 3.63) is 47.0 Å². The van der Waals surface area contributed by atoms with Crippen LogP contribution >= 0.6 is 0 Å². The van der Waals surface area contributed by atoms with Gasteiger partial charge >= 0.3 is 0 Å². The van der Waals surface area contributed by atoms with Crippen LogP contribution in [0.15, 0.2) is 30.3 Å². The van der Waals surface area contributed by atoms with Gasteiger partial charge in [-0.1, -0.05) is 32.9 Å². The quantitative estimate of drug-likeness (QED) is 0.828. The summed E-state index contributed by atoms with van der Waals surface area (Å²) in [5.41, 5.74) is 3.80. The van der Waals surface area contributed by atoms with Crippen LogP contribution in [0.5, 0.6) is 17.2 Å². The van der Waals surface area contributed by atoms with Crippen molar-refractivity contribution < 1.29 is 14.6 Å². The molecule has 1 heterocycles. The average Bonchev–Trinajstić information content (AvgIpc) is 2.94. The van der Waals surface area contributed by atoms with Gasteiger partial charge in [-0.2, -0.15) is 0 Å². The molecule has 3 rings (SSSR count). The molecule has 0 amide bonds. The van der Waals surface area contributed by atoms with E-state index in [1.807, 2.05) is 37.3 Å². The molecule has 1 aliphatic heterocycles. The van der Waals surface area contributed by atoms with E-state index in [1.54, 1.807) is 0 Å². The summed E-state index contributed by atoms with van der Waals surface area (Å²) >= 11 is 0. The van der Waals surface area contributed by atoms with Gasteiger partial charge in [0.2, 0.25) is 6.79 Å². The first kappa shape index (κ1) is 15.5. The number of hydrogen-bond donors (Lipinski definition) is 2. The normalized spacial score (nSPS) is 13.2. The minimum atomic E-state index is -0.106. The second-order valence-corrected chi connectivity index (χ2v) is 7.00. The molecular formula is C19H23NO3. The SMILES string of the molecule is Cc1cc(NCc2ccc3c(c2)OCO3)c(O)c(C(C)(C)C)c1.